The Morgan fingerprint density at radius 3 is 2.50 bits per heavy atom. The number of unbranched alkanes of at least 4 members (excludes halogenated alkanes) is 2. The predicted octanol–water partition coefficient (Wildman–Crippen LogP) is 1.17. The third-order valence-corrected chi connectivity index (χ3v) is 2.31. The van der Waals surface area contributed by atoms with E-state index in [1.54, 1.807) is 0 Å². The van der Waals surface area contributed by atoms with Gasteiger partial charge < -0.3 is 15.2 Å². The van der Waals surface area contributed by atoms with Crippen LogP contribution in [0.4, 0.5) is 0 Å². The van der Waals surface area contributed by atoms with E-state index >= 15 is 0 Å². The molecule has 0 aliphatic rings. The van der Waals surface area contributed by atoms with Crippen LogP contribution in [0.1, 0.15) is 39.0 Å². The van der Waals surface area contributed by atoms with Crippen molar-refractivity contribution in [1.82, 2.24) is 5.32 Å². The van der Waals surface area contributed by atoms with Crippen molar-refractivity contribution < 1.29 is 19.4 Å². The van der Waals surface area contributed by atoms with Gasteiger partial charge in [-0.25, -0.2) is 0 Å². The minimum atomic E-state index is -0.769. The molecular weight excluding hydrogens is 210 g/mol. The minimum Gasteiger partial charge on any atom is -0.481 e. The van der Waals surface area contributed by atoms with E-state index in [4.69, 9.17) is 9.84 Å². The van der Waals surface area contributed by atoms with E-state index in [9.17, 15) is 9.59 Å². The second kappa shape index (κ2) is 9.15. The van der Waals surface area contributed by atoms with Crippen LogP contribution in [0, 0.1) is 0 Å². The predicted molar refractivity (Wildman–Crippen MR) is 60.2 cm³/mol. The third kappa shape index (κ3) is 7.23. The summed E-state index contributed by atoms with van der Waals surface area (Å²) in [6.07, 6.45) is 2.76. The molecule has 0 aromatic heterocycles. The standard InChI is InChI=1S/C11H21NO4/c1-3-9(16-2)11(15)12-8-6-4-5-7-10(13)14/h9H,3-8H2,1-2H3,(H,12,15)(H,13,14). The molecule has 0 saturated carbocycles. The first kappa shape index (κ1) is 14.9. The number of carbonyl (C=O) groups excluding carboxylic acids is 1. The van der Waals surface area contributed by atoms with Crippen LogP contribution >= 0.6 is 0 Å². The van der Waals surface area contributed by atoms with Gasteiger partial charge in [0.25, 0.3) is 0 Å². The summed E-state index contributed by atoms with van der Waals surface area (Å²) in [5, 5.41) is 11.2. The average molecular weight is 231 g/mol. The normalized spacial score (nSPS) is 12.1. The number of amides is 1. The number of ether oxygens (including phenoxy) is 1. The molecule has 0 spiro atoms. The first-order valence-electron chi connectivity index (χ1n) is 5.64. The Bertz CT molecular complexity index is 214. The van der Waals surface area contributed by atoms with Crippen LogP contribution in [-0.2, 0) is 14.3 Å². The molecule has 1 unspecified atom stereocenters. The van der Waals surface area contributed by atoms with Crippen LogP contribution in [-0.4, -0.2) is 36.7 Å². The highest BCUT2D eigenvalue weighted by Gasteiger charge is 2.13. The molecule has 0 radical (unpaired) electrons. The summed E-state index contributed by atoms with van der Waals surface area (Å²) >= 11 is 0. The van der Waals surface area contributed by atoms with Crippen molar-refractivity contribution >= 4 is 11.9 Å². The van der Waals surface area contributed by atoms with Crippen molar-refractivity contribution in [3.63, 3.8) is 0 Å². The maximum atomic E-state index is 11.4. The van der Waals surface area contributed by atoms with Crippen LogP contribution in [0.25, 0.3) is 0 Å². The minimum absolute atomic E-state index is 0.0942. The van der Waals surface area contributed by atoms with E-state index in [1.807, 2.05) is 6.92 Å². The Kier molecular flexibility index (Phi) is 8.52. The Balaban J connectivity index is 3.44. The highest BCUT2D eigenvalue weighted by atomic mass is 16.5. The quantitative estimate of drug-likeness (QED) is 0.584. The fourth-order valence-corrected chi connectivity index (χ4v) is 1.36. The number of carboxylic acid groups (broad SMARTS) is 1. The zero-order valence-corrected chi connectivity index (χ0v) is 9.99. The number of carbonyl (C=O) groups is 2. The number of aliphatic carboxylic acids is 1. The van der Waals surface area contributed by atoms with Crippen LogP contribution in [0.2, 0.25) is 0 Å². The highest BCUT2D eigenvalue weighted by Crippen LogP contribution is 2.00. The van der Waals surface area contributed by atoms with Crippen LogP contribution in [0.5, 0.6) is 0 Å². The van der Waals surface area contributed by atoms with Crippen molar-refractivity contribution in [2.24, 2.45) is 0 Å². The SMILES string of the molecule is CCC(OC)C(=O)NCCCCCC(=O)O. The molecule has 0 aliphatic carbocycles. The molecule has 0 fully saturated rings. The summed E-state index contributed by atoms with van der Waals surface area (Å²) in [5.41, 5.74) is 0. The van der Waals surface area contributed by atoms with Gasteiger partial charge in [-0.2, -0.15) is 0 Å². The second-order valence-corrected chi connectivity index (χ2v) is 3.63. The van der Waals surface area contributed by atoms with Crippen molar-refractivity contribution in [2.75, 3.05) is 13.7 Å². The molecule has 0 aromatic rings. The zero-order valence-electron chi connectivity index (χ0n) is 9.99. The number of methoxy groups -OCH3 is 1. The van der Waals surface area contributed by atoms with E-state index in [2.05, 4.69) is 5.32 Å². The lowest BCUT2D eigenvalue weighted by Crippen LogP contribution is -2.35. The fourth-order valence-electron chi connectivity index (χ4n) is 1.36. The molecule has 5 nitrogen and oxygen atoms in total. The average Bonchev–Trinajstić information content (AvgIpc) is 2.24. The Morgan fingerprint density at radius 2 is 2.00 bits per heavy atom. The molecule has 0 heterocycles. The third-order valence-electron chi connectivity index (χ3n) is 2.31. The van der Waals surface area contributed by atoms with Gasteiger partial charge in [-0.3, -0.25) is 9.59 Å². The number of hydrogen-bond acceptors (Lipinski definition) is 3. The molecule has 2 N–H and O–H groups in total. The topological polar surface area (TPSA) is 75.6 Å². The molecule has 0 bridgehead atoms. The van der Waals surface area contributed by atoms with Gasteiger partial charge >= 0.3 is 5.97 Å². The Morgan fingerprint density at radius 1 is 1.31 bits per heavy atom. The molecule has 0 rings (SSSR count). The maximum absolute atomic E-state index is 11.4. The van der Waals surface area contributed by atoms with E-state index in [-0.39, 0.29) is 18.4 Å². The first-order chi connectivity index (χ1) is 7.61. The fraction of sp³-hybridized carbons (Fsp3) is 0.818. The summed E-state index contributed by atoms with van der Waals surface area (Å²) < 4.78 is 4.98. The molecule has 5 heteroatoms. The zero-order chi connectivity index (χ0) is 12.4. The smallest absolute Gasteiger partial charge is 0.303 e. The summed E-state index contributed by atoms with van der Waals surface area (Å²) in [6.45, 7) is 2.47. The van der Waals surface area contributed by atoms with Crippen LogP contribution in [0.3, 0.4) is 0 Å². The molecule has 0 aromatic carbocycles. The van der Waals surface area contributed by atoms with Gasteiger partial charge in [0.2, 0.25) is 5.91 Å². The van der Waals surface area contributed by atoms with Crippen LogP contribution in [0.15, 0.2) is 0 Å². The largest absolute Gasteiger partial charge is 0.481 e. The lowest BCUT2D eigenvalue weighted by Gasteiger charge is -2.12. The van der Waals surface area contributed by atoms with Crippen LogP contribution < -0.4 is 5.32 Å². The van der Waals surface area contributed by atoms with Crippen molar-refractivity contribution in [3.05, 3.63) is 0 Å². The molecule has 1 amide bonds. The molecule has 16 heavy (non-hydrogen) atoms. The number of hydrogen-bond donors (Lipinski definition) is 2. The second-order valence-electron chi connectivity index (χ2n) is 3.63. The maximum Gasteiger partial charge on any atom is 0.303 e. The molecular formula is C11H21NO4. The van der Waals surface area contributed by atoms with Crippen molar-refractivity contribution in [3.8, 4) is 0 Å². The van der Waals surface area contributed by atoms with Gasteiger partial charge in [-0.15, -0.1) is 0 Å². The lowest BCUT2D eigenvalue weighted by atomic mass is 10.2. The molecule has 94 valence electrons. The van der Waals surface area contributed by atoms with E-state index in [0.29, 0.717) is 19.4 Å². The Labute approximate surface area is 96.2 Å². The van der Waals surface area contributed by atoms with E-state index in [1.165, 1.54) is 7.11 Å². The highest BCUT2D eigenvalue weighted by molar-refractivity contribution is 5.80. The van der Waals surface area contributed by atoms with Gasteiger partial charge in [0.15, 0.2) is 0 Å². The van der Waals surface area contributed by atoms with E-state index < -0.39 is 5.97 Å². The van der Waals surface area contributed by atoms with Gasteiger partial charge in [-0.1, -0.05) is 13.3 Å². The summed E-state index contributed by atoms with van der Waals surface area (Å²) in [4.78, 5) is 21.6. The van der Waals surface area contributed by atoms with Crippen molar-refractivity contribution in [2.45, 2.75) is 45.1 Å². The summed E-state index contributed by atoms with van der Waals surface area (Å²) in [7, 11) is 1.51. The van der Waals surface area contributed by atoms with Gasteiger partial charge in [0.1, 0.15) is 6.10 Å². The first-order valence-corrected chi connectivity index (χ1v) is 5.64. The molecule has 0 saturated heterocycles. The van der Waals surface area contributed by atoms with Gasteiger partial charge in [-0.05, 0) is 19.3 Å². The number of nitrogens with one attached hydrogen (secondary N) is 1. The van der Waals surface area contributed by atoms with E-state index in [0.717, 1.165) is 12.8 Å². The summed E-state index contributed by atoms with van der Waals surface area (Å²) in [6, 6.07) is 0. The lowest BCUT2D eigenvalue weighted by molar-refractivity contribution is -0.137. The molecule has 0 aliphatic heterocycles. The monoisotopic (exact) mass is 231 g/mol. The summed E-state index contributed by atoms with van der Waals surface area (Å²) in [5.74, 6) is -0.863. The van der Waals surface area contributed by atoms with Gasteiger partial charge in [0, 0.05) is 20.1 Å². The molecule has 1 atom stereocenters. The number of rotatable bonds is 9. The van der Waals surface area contributed by atoms with Gasteiger partial charge in [0.05, 0.1) is 0 Å². The number of carboxylic acids is 1. The Hall–Kier alpha value is -1.10. The van der Waals surface area contributed by atoms with Crippen molar-refractivity contribution in [1.29, 1.82) is 0 Å².